The number of hydrogen-bond acceptors (Lipinski definition) is 4. The Morgan fingerprint density at radius 1 is 1.28 bits per heavy atom. The smallest absolute Gasteiger partial charge is 0.138 e. The Morgan fingerprint density at radius 2 is 2.11 bits per heavy atom. The molecule has 1 saturated heterocycles. The molecule has 100 valence electrons. The van der Waals surface area contributed by atoms with Crippen LogP contribution in [0.5, 0.6) is 5.75 Å². The molecule has 4 heteroatoms. The first-order chi connectivity index (χ1) is 8.70. The molecule has 0 saturated carbocycles. The molecule has 0 aromatic heterocycles. The number of likely N-dealkylation sites (tertiary alicyclic amines) is 1. The van der Waals surface area contributed by atoms with Crippen molar-refractivity contribution >= 4 is 5.69 Å². The Morgan fingerprint density at radius 3 is 2.83 bits per heavy atom. The van der Waals surface area contributed by atoms with Gasteiger partial charge in [0.15, 0.2) is 0 Å². The molecule has 0 bridgehead atoms. The topological polar surface area (TPSA) is 69.7 Å². The number of aliphatic hydroxyl groups excluding tert-OH is 1. The number of hydrogen-bond donors (Lipinski definition) is 3. The van der Waals surface area contributed by atoms with Gasteiger partial charge in [-0.3, -0.25) is 4.90 Å². The number of nitrogens with zero attached hydrogens (tertiary/aromatic N) is 1. The summed E-state index contributed by atoms with van der Waals surface area (Å²) >= 11 is 0. The van der Waals surface area contributed by atoms with Crippen molar-refractivity contribution in [3.8, 4) is 5.75 Å². The Bertz CT molecular complexity index is 395. The normalized spacial score (nSPS) is 21.7. The van der Waals surface area contributed by atoms with Crippen LogP contribution >= 0.6 is 0 Å². The van der Waals surface area contributed by atoms with E-state index in [9.17, 15) is 10.2 Å². The number of nitrogens with two attached hydrogens (primary N) is 1. The summed E-state index contributed by atoms with van der Waals surface area (Å²) in [7, 11) is 0. The zero-order chi connectivity index (χ0) is 13.0. The van der Waals surface area contributed by atoms with Crippen molar-refractivity contribution < 1.29 is 10.2 Å². The third-order valence-electron chi connectivity index (χ3n) is 3.69. The summed E-state index contributed by atoms with van der Waals surface area (Å²) in [6.45, 7) is 2.02. The summed E-state index contributed by atoms with van der Waals surface area (Å²) in [6.07, 6.45) is 4.68. The van der Waals surface area contributed by atoms with Crippen LogP contribution in [0.1, 0.15) is 31.2 Å². The SMILES string of the molecule is Nc1cc(CN2CCCCCC2CO)ccc1O. The molecule has 1 fully saturated rings. The molecule has 1 heterocycles. The molecular weight excluding hydrogens is 228 g/mol. The molecule has 1 atom stereocenters. The number of aromatic hydroxyl groups is 1. The summed E-state index contributed by atoms with van der Waals surface area (Å²) in [5, 5.41) is 18.9. The molecule has 1 aromatic rings. The fourth-order valence-electron chi connectivity index (χ4n) is 2.59. The summed E-state index contributed by atoms with van der Waals surface area (Å²) in [5.41, 5.74) is 7.21. The van der Waals surface area contributed by atoms with Gasteiger partial charge in [0.05, 0.1) is 12.3 Å². The van der Waals surface area contributed by atoms with Gasteiger partial charge in [-0.15, -0.1) is 0 Å². The standard InChI is InChI=1S/C14H22N2O2/c15-13-8-11(5-6-14(13)18)9-16-7-3-1-2-4-12(16)10-17/h5-6,8,12,17-18H,1-4,7,9-10,15H2. The molecule has 1 aliphatic heterocycles. The van der Waals surface area contributed by atoms with Crippen LogP contribution in [0.2, 0.25) is 0 Å². The van der Waals surface area contributed by atoms with E-state index in [4.69, 9.17) is 5.73 Å². The van der Waals surface area contributed by atoms with Crippen molar-refractivity contribution in [1.82, 2.24) is 4.90 Å². The van der Waals surface area contributed by atoms with Crippen molar-refractivity contribution in [2.24, 2.45) is 0 Å². The average Bonchev–Trinajstić information content (AvgIpc) is 2.59. The maximum absolute atomic E-state index is 9.46. The highest BCUT2D eigenvalue weighted by Crippen LogP contribution is 2.23. The number of aliphatic hydroxyl groups is 1. The molecule has 0 aliphatic carbocycles. The largest absolute Gasteiger partial charge is 0.506 e. The predicted molar refractivity (Wildman–Crippen MR) is 72.3 cm³/mol. The minimum absolute atomic E-state index is 0.133. The lowest BCUT2D eigenvalue weighted by molar-refractivity contribution is 0.118. The molecule has 1 unspecified atom stereocenters. The summed E-state index contributed by atoms with van der Waals surface area (Å²) in [6, 6.07) is 5.60. The Kier molecular flexibility index (Phi) is 4.44. The molecule has 4 N–H and O–H groups in total. The first-order valence-corrected chi connectivity index (χ1v) is 6.63. The second kappa shape index (κ2) is 6.07. The Hall–Kier alpha value is -1.26. The van der Waals surface area contributed by atoms with E-state index >= 15 is 0 Å². The van der Waals surface area contributed by atoms with Crippen molar-refractivity contribution in [2.75, 3.05) is 18.9 Å². The Balaban J connectivity index is 2.07. The molecule has 18 heavy (non-hydrogen) atoms. The molecular formula is C14H22N2O2. The average molecular weight is 250 g/mol. The van der Waals surface area contributed by atoms with Crippen LogP contribution in [0.3, 0.4) is 0 Å². The van der Waals surface area contributed by atoms with Crippen LogP contribution in [0, 0.1) is 0 Å². The number of benzene rings is 1. The maximum atomic E-state index is 9.46. The lowest BCUT2D eigenvalue weighted by Crippen LogP contribution is -2.36. The molecule has 1 aromatic carbocycles. The van der Waals surface area contributed by atoms with Crippen LogP contribution in [0.4, 0.5) is 5.69 Å². The summed E-state index contributed by atoms with van der Waals surface area (Å²) in [4.78, 5) is 2.32. The van der Waals surface area contributed by atoms with Crippen LogP contribution in [-0.4, -0.2) is 34.3 Å². The van der Waals surface area contributed by atoms with Gasteiger partial charge in [0, 0.05) is 12.6 Å². The maximum Gasteiger partial charge on any atom is 0.138 e. The fraction of sp³-hybridized carbons (Fsp3) is 0.571. The van der Waals surface area contributed by atoms with Gasteiger partial charge in [-0.2, -0.15) is 0 Å². The van der Waals surface area contributed by atoms with E-state index in [-0.39, 0.29) is 18.4 Å². The van der Waals surface area contributed by atoms with Gasteiger partial charge in [0.1, 0.15) is 5.75 Å². The molecule has 0 radical (unpaired) electrons. The highest BCUT2D eigenvalue weighted by molar-refractivity contribution is 5.53. The number of phenolic OH excluding ortho intramolecular Hbond substituents is 1. The van der Waals surface area contributed by atoms with E-state index in [2.05, 4.69) is 4.90 Å². The van der Waals surface area contributed by atoms with E-state index in [0.717, 1.165) is 25.1 Å². The van der Waals surface area contributed by atoms with Crippen LogP contribution in [-0.2, 0) is 6.54 Å². The molecule has 4 nitrogen and oxygen atoms in total. The number of rotatable bonds is 3. The predicted octanol–water partition coefficient (Wildman–Crippen LogP) is 1.71. The molecule has 2 rings (SSSR count). The van der Waals surface area contributed by atoms with Crippen molar-refractivity contribution in [3.05, 3.63) is 23.8 Å². The Labute approximate surface area is 108 Å². The third-order valence-corrected chi connectivity index (χ3v) is 3.69. The third kappa shape index (κ3) is 3.15. The van der Waals surface area contributed by atoms with Gasteiger partial charge in [-0.05, 0) is 37.1 Å². The van der Waals surface area contributed by atoms with E-state index < -0.39 is 0 Å². The van der Waals surface area contributed by atoms with Gasteiger partial charge in [0.25, 0.3) is 0 Å². The van der Waals surface area contributed by atoms with Gasteiger partial charge < -0.3 is 15.9 Å². The van der Waals surface area contributed by atoms with Gasteiger partial charge in [-0.25, -0.2) is 0 Å². The first kappa shape index (κ1) is 13.2. The van der Waals surface area contributed by atoms with Gasteiger partial charge in [-0.1, -0.05) is 18.9 Å². The van der Waals surface area contributed by atoms with E-state index in [1.807, 2.05) is 12.1 Å². The van der Waals surface area contributed by atoms with Gasteiger partial charge >= 0.3 is 0 Å². The summed E-state index contributed by atoms with van der Waals surface area (Å²) in [5.74, 6) is 0.133. The molecule has 0 amide bonds. The zero-order valence-corrected chi connectivity index (χ0v) is 10.7. The van der Waals surface area contributed by atoms with Crippen LogP contribution in [0.15, 0.2) is 18.2 Å². The first-order valence-electron chi connectivity index (χ1n) is 6.63. The number of anilines is 1. The molecule has 1 aliphatic rings. The molecule has 0 spiro atoms. The van der Waals surface area contributed by atoms with Crippen molar-refractivity contribution in [2.45, 2.75) is 38.3 Å². The van der Waals surface area contributed by atoms with Crippen molar-refractivity contribution in [1.29, 1.82) is 0 Å². The highest BCUT2D eigenvalue weighted by atomic mass is 16.3. The number of nitrogen functional groups attached to an aromatic ring is 1. The minimum Gasteiger partial charge on any atom is -0.506 e. The van der Waals surface area contributed by atoms with Gasteiger partial charge in [0.2, 0.25) is 0 Å². The van der Waals surface area contributed by atoms with E-state index in [1.54, 1.807) is 6.07 Å². The monoisotopic (exact) mass is 250 g/mol. The number of phenols is 1. The van der Waals surface area contributed by atoms with Crippen LogP contribution in [0.25, 0.3) is 0 Å². The van der Waals surface area contributed by atoms with Crippen LogP contribution < -0.4 is 5.73 Å². The van der Waals surface area contributed by atoms with E-state index in [0.29, 0.717) is 5.69 Å². The second-order valence-electron chi connectivity index (χ2n) is 5.05. The zero-order valence-electron chi connectivity index (χ0n) is 10.7. The minimum atomic E-state index is 0.133. The highest BCUT2D eigenvalue weighted by Gasteiger charge is 2.20. The lowest BCUT2D eigenvalue weighted by atomic mass is 10.1. The lowest BCUT2D eigenvalue weighted by Gasteiger charge is -2.28. The summed E-state index contributed by atoms with van der Waals surface area (Å²) < 4.78 is 0. The fourth-order valence-corrected chi connectivity index (χ4v) is 2.59. The van der Waals surface area contributed by atoms with E-state index in [1.165, 1.54) is 19.3 Å². The quantitative estimate of drug-likeness (QED) is 0.564. The second-order valence-corrected chi connectivity index (χ2v) is 5.05. The van der Waals surface area contributed by atoms with Crippen molar-refractivity contribution in [3.63, 3.8) is 0 Å².